The number of nitrogens with two attached hydrogens (primary N) is 1. The summed E-state index contributed by atoms with van der Waals surface area (Å²) in [4.78, 5) is 0. The lowest BCUT2D eigenvalue weighted by molar-refractivity contribution is 0.268. The summed E-state index contributed by atoms with van der Waals surface area (Å²) in [6.07, 6.45) is 0.839. The molecule has 1 aromatic carbocycles. The molecule has 1 aromatic rings. The molecule has 2 N–H and O–H groups in total. The van der Waals surface area contributed by atoms with Gasteiger partial charge in [0.15, 0.2) is 0 Å². The molecule has 4 heteroatoms. The van der Waals surface area contributed by atoms with Gasteiger partial charge in [0.1, 0.15) is 5.75 Å². The van der Waals surface area contributed by atoms with Crippen LogP contribution in [0.3, 0.4) is 0 Å². The first kappa shape index (κ1) is 9.31. The molecular weight excluding hydrogens is 253 g/mol. The van der Waals surface area contributed by atoms with E-state index >= 15 is 0 Å². The number of halogens is 2. The van der Waals surface area contributed by atoms with Gasteiger partial charge in [0.25, 0.3) is 0 Å². The van der Waals surface area contributed by atoms with Gasteiger partial charge in [-0.15, -0.1) is 0 Å². The summed E-state index contributed by atoms with van der Waals surface area (Å²) in [6.45, 7) is 0.683. The molecule has 0 bridgehead atoms. The third kappa shape index (κ3) is 1.56. The van der Waals surface area contributed by atoms with Crippen molar-refractivity contribution in [1.82, 2.24) is 0 Å². The molecule has 0 saturated carbocycles. The Morgan fingerprint density at radius 1 is 1.54 bits per heavy atom. The number of benzene rings is 1. The normalized spacial score (nSPS) is 20.7. The minimum absolute atomic E-state index is 0.0248. The summed E-state index contributed by atoms with van der Waals surface area (Å²) in [5.41, 5.74) is 6.93. The second-order valence-electron chi connectivity index (χ2n) is 3.02. The van der Waals surface area contributed by atoms with Crippen LogP contribution in [0.5, 0.6) is 5.75 Å². The maximum atomic E-state index is 5.95. The van der Waals surface area contributed by atoms with E-state index in [2.05, 4.69) is 15.9 Å². The lowest BCUT2D eigenvalue weighted by atomic mass is 10.0. The van der Waals surface area contributed by atoms with E-state index in [9.17, 15) is 0 Å². The van der Waals surface area contributed by atoms with Crippen molar-refractivity contribution in [2.75, 3.05) is 6.61 Å². The molecular formula is C9H9BrClNO. The van der Waals surface area contributed by atoms with Gasteiger partial charge in [-0.3, -0.25) is 0 Å². The number of hydrogen-bond acceptors (Lipinski definition) is 2. The summed E-state index contributed by atoms with van der Waals surface area (Å²) < 4.78 is 6.32. The van der Waals surface area contributed by atoms with Crippen molar-refractivity contribution in [2.45, 2.75) is 12.5 Å². The van der Waals surface area contributed by atoms with Crippen molar-refractivity contribution < 1.29 is 4.74 Å². The first-order valence-corrected chi connectivity index (χ1v) is 5.23. The first-order chi connectivity index (χ1) is 6.20. The highest BCUT2D eigenvalue weighted by Gasteiger charge is 2.21. The Bertz CT molecular complexity index is 343. The molecule has 0 spiro atoms. The van der Waals surface area contributed by atoms with Crippen LogP contribution in [0.15, 0.2) is 16.6 Å². The van der Waals surface area contributed by atoms with Crippen LogP contribution >= 0.6 is 27.5 Å². The molecule has 1 unspecified atom stereocenters. The molecule has 2 rings (SSSR count). The molecule has 70 valence electrons. The van der Waals surface area contributed by atoms with Gasteiger partial charge in [0, 0.05) is 22.5 Å². The summed E-state index contributed by atoms with van der Waals surface area (Å²) in [6, 6.07) is 3.70. The van der Waals surface area contributed by atoms with Gasteiger partial charge in [-0.05, 0) is 28.1 Å². The molecule has 1 aliphatic heterocycles. The topological polar surface area (TPSA) is 35.2 Å². The molecule has 0 aromatic heterocycles. The Morgan fingerprint density at radius 3 is 3.08 bits per heavy atom. The summed E-state index contributed by atoms with van der Waals surface area (Å²) in [5, 5.41) is 0.680. The molecule has 0 saturated heterocycles. The fourth-order valence-electron chi connectivity index (χ4n) is 1.46. The van der Waals surface area contributed by atoms with Crippen LogP contribution in [-0.2, 0) is 0 Å². The average molecular weight is 263 g/mol. The smallest absolute Gasteiger partial charge is 0.125 e. The van der Waals surface area contributed by atoms with Crippen molar-refractivity contribution >= 4 is 27.5 Å². The van der Waals surface area contributed by atoms with Crippen LogP contribution in [-0.4, -0.2) is 6.61 Å². The molecule has 0 amide bonds. The van der Waals surface area contributed by atoms with Crippen LogP contribution in [0.25, 0.3) is 0 Å². The van der Waals surface area contributed by atoms with Gasteiger partial charge in [0.05, 0.1) is 11.6 Å². The summed E-state index contributed by atoms with van der Waals surface area (Å²) >= 11 is 9.37. The Morgan fingerprint density at radius 2 is 2.31 bits per heavy atom. The molecule has 0 radical (unpaired) electrons. The molecule has 1 aliphatic rings. The van der Waals surface area contributed by atoms with Crippen LogP contribution in [0.1, 0.15) is 18.0 Å². The molecule has 0 fully saturated rings. The molecule has 1 heterocycles. The standard InChI is InChI=1S/C9H9BrClNO/c10-9-5(11)1-2-7-8(9)6(12)3-4-13-7/h1-2,6H,3-4,12H2. The zero-order chi connectivity index (χ0) is 9.42. The van der Waals surface area contributed by atoms with Gasteiger partial charge in [-0.2, -0.15) is 0 Å². The molecule has 1 atom stereocenters. The van der Waals surface area contributed by atoms with Gasteiger partial charge in [-0.1, -0.05) is 11.6 Å². The maximum absolute atomic E-state index is 5.95. The predicted molar refractivity (Wildman–Crippen MR) is 56.2 cm³/mol. The SMILES string of the molecule is NC1CCOc2ccc(Cl)c(Br)c21. The van der Waals surface area contributed by atoms with E-state index in [1.807, 2.05) is 12.1 Å². The number of hydrogen-bond donors (Lipinski definition) is 1. The van der Waals surface area contributed by atoms with Gasteiger partial charge in [-0.25, -0.2) is 0 Å². The molecule has 2 nitrogen and oxygen atoms in total. The number of ether oxygens (including phenoxy) is 1. The third-order valence-corrected chi connectivity index (χ3v) is 3.55. The van der Waals surface area contributed by atoms with Crippen molar-refractivity contribution in [3.63, 3.8) is 0 Å². The highest BCUT2D eigenvalue weighted by Crippen LogP contribution is 2.39. The highest BCUT2D eigenvalue weighted by atomic mass is 79.9. The zero-order valence-electron chi connectivity index (χ0n) is 6.89. The second-order valence-corrected chi connectivity index (χ2v) is 4.22. The van der Waals surface area contributed by atoms with E-state index in [4.69, 9.17) is 22.1 Å². The van der Waals surface area contributed by atoms with Gasteiger partial charge >= 0.3 is 0 Å². The fourth-order valence-corrected chi connectivity index (χ4v) is 2.25. The monoisotopic (exact) mass is 261 g/mol. The maximum Gasteiger partial charge on any atom is 0.125 e. The summed E-state index contributed by atoms with van der Waals surface area (Å²) in [7, 11) is 0. The zero-order valence-corrected chi connectivity index (χ0v) is 9.23. The third-order valence-electron chi connectivity index (χ3n) is 2.15. The first-order valence-electron chi connectivity index (χ1n) is 4.06. The van der Waals surface area contributed by atoms with Gasteiger partial charge < -0.3 is 10.5 Å². The lowest BCUT2D eigenvalue weighted by Crippen LogP contribution is -2.21. The van der Waals surface area contributed by atoms with Crippen molar-refractivity contribution in [1.29, 1.82) is 0 Å². The fraction of sp³-hybridized carbons (Fsp3) is 0.333. The van der Waals surface area contributed by atoms with E-state index in [0.29, 0.717) is 11.6 Å². The largest absolute Gasteiger partial charge is 0.493 e. The Hall–Kier alpha value is -0.250. The lowest BCUT2D eigenvalue weighted by Gasteiger charge is -2.24. The van der Waals surface area contributed by atoms with Crippen LogP contribution in [0.4, 0.5) is 0 Å². The second kappa shape index (κ2) is 3.48. The van der Waals surface area contributed by atoms with Crippen LogP contribution in [0, 0.1) is 0 Å². The van der Waals surface area contributed by atoms with E-state index in [1.54, 1.807) is 0 Å². The molecule has 0 aliphatic carbocycles. The van der Waals surface area contributed by atoms with E-state index in [-0.39, 0.29) is 6.04 Å². The predicted octanol–water partition coefficient (Wildman–Crippen LogP) is 2.88. The number of rotatable bonds is 0. The molecule has 13 heavy (non-hydrogen) atoms. The average Bonchev–Trinajstić information content (AvgIpc) is 2.12. The summed E-state index contributed by atoms with van der Waals surface area (Å²) in [5.74, 6) is 0.843. The van der Waals surface area contributed by atoms with Gasteiger partial charge in [0.2, 0.25) is 0 Å². The van der Waals surface area contributed by atoms with E-state index in [0.717, 1.165) is 22.2 Å². The van der Waals surface area contributed by atoms with E-state index in [1.165, 1.54) is 0 Å². The van der Waals surface area contributed by atoms with Crippen LogP contribution < -0.4 is 10.5 Å². The minimum atomic E-state index is 0.0248. The van der Waals surface area contributed by atoms with Crippen LogP contribution in [0.2, 0.25) is 5.02 Å². The number of fused-ring (bicyclic) bond motifs is 1. The van der Waals surface area contributed by atoms with Crippen molar-refractivity contribution in [2.24, 2.45) is 5.73 Å². The Balaban J connectivity index is 2.58. The highest BCUT2D eigenvalue weighted by molar-refractivity contribution is 9.10. The quantitative estimate of drug-likeness (QED) is 0.780. The Labute approximate surface area is 90.1 Å². The van der Waals surface area contributed by atoms with E-state index < -0.39 is 0 Å². The van der Waals surface area contributed by atoms with Crippen molar-refractivity contribution in [3.8, 4) is 5.75 Å². The van der Waals surface area contributed by atoms with Crippen molar-refractivity contribution in [3.05, 3.63) is 27.2 Å². The minimum Gasteiger partial charge on any atom is -0.493 e. The Kier molecular flexibility index (Phi) is 2.49.